The maximum absolute atomic E-state index is 13.3. The van der Waals surface area contributed by atoms with E-state index >= 15 is 0 Å². The first-order valence-corrected chi connectivity index (χ1v) is 9.68. The molecule has 1 aromatic rings. The largest absolute Gasteiger partial charge is 0.348 e. The summed E-state index contributed by atoms with van der Waals surface area (Å²) in [6.45, 7) is 0. The van der Waals surface area contributed by atoms with Crippen LogP contribution in [0.5, 0.6) is 0 Å². The van der Waals surface area contributed by atoms with Gasteiger partial charge in [-0.1, -0.05) is 24.3 Å². The molecule has 0 aliphatic heterocycles. The molecule has 27 heavy (non-hydrogen) atoms. The lowest BCUT2D eigenvalue weighted by Crippen LogP contribution is -2.65. The zero-order valence-corrected chi connectivity index (χ0v) is 15.0. The predicted octanol–water partition coefficient (Wildman–Crippen LogP) is 2.46. The van der Waals surface area contributed by atoms with E-state index in [1.165, 1.54) is 19.3 Å². The second-order valence-electron chi connectivity index (χ2n) is 8.96. The van der Waals surface area contributed by atoms with Gasteiger partial charge in [-0.2, -0.15) is 0 Å². The van der Waals surface area contributed by atoms with E-state index in [1.54, 1.807) is 24.3 Å². The van der Waals surface area contributed by atoms with Crippen LogP contribution in [0.3, 0.4) is 0 Å². The van der Waals surface area contributed by atoms with E-state index < -0.39 is 22.4 Å². The van der Waals surface area contributed by atoms with Crippen LogP contribution in [-0.4, -0.2) is 27.9 Å². The molecule has 0 saturated heterocycles. The predicted molar refractivity (Wildman–Crippen MR) is 94.3 cm³/mol. The van der Waals surface area contributed by atoms with Crippen LogP contribution in [0.4, 0.5) is 0 Å². The molecule has 0 heterocycles. The fourth-order valence-electron chi connectivity index (χ4n) is 6.49. The molecular weight excluding hydrogens is 348 g/mol. The number of hydrogen-bond donors (Lipinski definition) is 1. The van der Waals surface area contributed by atoms with E-state index in [1.807, 2.05) is 0 Å². The van der Waals surface area contributed by atoms with Gasteiger partial charge in [0.25, 0.3) is 16.6 Å². The van der Waals surface area contributed by atoms with Crippen LogP contribution < -0.4 is 5.32 Å². The summed E-state index contributed by atoms with van der Waals surface area (Å²) >= 11 is 0. The third kappa shape index (κ3) is 2.47. The quantitative estimate of drug-likeness (QED) is 0.499. The van der Waals surface area contributed by atoms with Gasteiger partial charge in [0.05, 0.1) is 0 Å². The third-order valence-electron chi connectivity index (χ3n) is 7.08. The maximum atomic E-state index is 13.3. The van der Waals surface area contributed by atoms with Crippen molar-refractivity contribution >= 4 is 11.7 Å². The Kier molecular flexibility index (Phi) is 3.42. The summed E-state index contributed by atoms with van der Waals surface area (Å²) in [5.41, 5.74) is -1.49. The molecule has 5 aliphatic carbocycles. The lowest BCUT2D eigenvalue weighted by atomic mass is 9.53. The molecule has 1 atom stereocenters. The van der Waals surface area contributed by atoms with Gasteiger partial charge < -0.3 is 5.32 Å². The van der Waals surface area contributed by atoms with Crippen LogP contribution in [0.25, 0.3) is 0 Å². The highest BCUT2D eigenvalue weighted by Gasteiger charge is 2.59. The molecule has 4 saturated carbocycles. The van der Waals surface area contributed by atoms with Crippen molar-refractivity contribution in [3.8, 4) is 0 Å². The summed E-state index contributed by atoms with van der Waals surface area (Å²) in [5, 5.41) is 13.3. The summed E-state index contributed by atoms with van der Waals surface area (Å²) in [6.07, 6.45) is 6.27. The van der Waals surface area contributed by atoms with Gasteiger partial charge in [0.2, 0.25) is 5.78 Å². The van der Waals surface area contributed by atoms with Gasteiger partial charge >= 0.3 is 0 Å². The van der Waals surface area contributed by atoms with Crippen LogP contribution >= 0.6 is 0 Å². The molecule has 1 aromatic carbocycles. The van der Waals surface area contributed by atoms with Crippen molar-refractivity contribution in [1.82, 2.24) is 5.32 Å². The van der Waals surface area contributed by atoms with Gasteiger partial charge in [-0.25, -0.2) is 0 Å². The van der Waals surface area contributed by atoms with Crippen molar-refractivity contribution in [2.45, 2.75) is 56.1 Å². The third-order valence-corrected chi connectivity index (χ3v) is 7.08. The van der Waals surface area contributed by atoms with Gasteiger partial charge in [0, 0.05) is 17.5 Å². The van der Waals surface area contributed by atoms with Crippen molar-refractivity contribution in [3.05, 3.63) is 45.5 Å². The highest BCUT2D eigenvalue weighted by Crippen LogP contribution is 2.55. The van der Waals surface area contributed by atoms with Crippen molar-refractivity contribution in [3.63, 3.8) is 0 Å². The van der Waals surface area contributed by atoms with Crippen LogP contribution in [0.2, 0.25) is 0 Å². The zero-order chi connectivity index (χ0) is 18.8. The molecule has 7 heteroatoms. The van der Waals surface area contributed by atoms with Crippen LogP contribution in [0.1, 0.15) is 54.4 Å². The zero-order valence-electron chi connectivity index (χ0n) is 15.0. The number of nitrogens with zero attached hydrogens (tertiary/aromatic N) is 1. The van der Waals surface area contributed by atoms with Gasteiger partial charge in [-0.3, -0.25) is 14.4 Å². The molecule has 7 nitrogen and oxygen atoms in total. The number of carbonyl (C=O) groups is 2. The van der Waals surface area contributed by atoms with Crippen LogP contribution in [-0.2, 0) is 16.1 Å². The standard InChI is InChI=1S/C20H22N2O5/c23-17-16-4-2-1-3-15(16)11-20(17,27-22(25)26)18(24)21-19-8-12-5-13(9-19)7-14(6-12)10-19/h1-4,12-14H,5-11H2,(H,21,24)/t12?,13?,14?,19?,20-/m1/s1. The van der Waals surface area contributed by atoms with E-state index in [4.69, 9.17) is 4.84 Å². The first kappa shape index (κ1) is 16.7. The average molecular weight is 370 g/mol. The molecule has 0 aromatic heterocycles. The highest BCUT2D eigenvalue weighted by atomic mass is 17.0. The molecular formula is C20H22N2O5. The summed E-state index contributed by atoms with van der Waals surface area (Å²) in [6, 6.07) is 6.76. The molecule has 142 valence electrons. The first-order chi connectivity index (χ1) is 12.9. The maximum Gasteiger partial charge on any atom is 0.296 e. The fraction of sp³-hybridized carbons (Fsp3) is 0.600. The topological polar surface area (TPSA) is 98.5 Å². The number of benzene rings is 1. The molecule has 0 unspecified atom stereocenters. The Labute approximate surface area is 156 Å². The van der Waals surface area contributed by atoms with E-state index in [0.717, 1.165) is 19.3 Å². The minimum Gasteiger partial charge on any atom is -0.348 e. The lowest BCUT2D eigenvalue weighted by molar-refractivity contribution is -0.771. The highest BCUT2D eigenvalue weighted by molar-refractivity contribution is 6.20. The number of Topliss-reactive ketones (excluding diaryl/α,β-unsaturated/α-hetero) is 1. The van der Waals surface area contributed by atoms with Crippen molar-refractivity contribution in [1.29, 1.82) is 0 Å². The monoisotopic (exact) mass is 370 g/mol. The summed E-state index contributed by atoms with van der Waals surface area (Å²) in [7, 11) is 0. The first-order valence-electron chi connectivity index (χ1n) is 9.68. The molecule has 1 amide bonds. The molecule has 4 fully saturated rings. The van der Waals surface area contributed by atoms with Crippen molar-refractivity contribution in [2.75, 3.05) is 0 Å². The van der Waals surface area contributed by atoms with Crippen molar-refractivity contribution in [2.24, 2.45) is 17.8 Å². The van der Waals surface area contributed by atoms with Gasteiger partial charge in [0.1, 0.15) is 0 Å². The number of nitrogens with one attached hydrogen (secondary N) is 1. The van der Waals surface area contributed by atoms with Crippen molar-refractivity contribution < 1.29 is 19.5 Å². The van der Waals surface area contributed by atoms with E-state index in [-0.39, 0.29) is 12.0 Å². The average Bonchev–Trinajstić information content (AvgIpc) is 2.86. The summed E-state index contributed by atoms with van der Waals surface area (Å²) < 4.78 is 0. The Bertz CT molecular complexity index is 815. The SMILES string of the molecule is O=C(NC12CC3CC(CC(C3)C1)C2)[C@@]1(O[N+](=O)[O-])Cc2ccccc2C1=O. The minimum atomic E-state index is -2.10. The van der Waals surface area contributed by atoms with E-state index in [9.17, 15) is 19.7 Å². The molecule has 0 spiro atoms. The van der Waals surface area contributed by atoms with Crippen LogP contribution in [0.15, 0.2) is 24.3 Å². The van der Waals surface area contributed by atoms with Crippen LogP contribution in [0, 0.1) is 27.9 Å². The Morgan fingerprint density at radius 2 is 1.70 bits per heavy atom. The Balaban J connectivity index is 1.46. The molecule has 4 bridgehead atoms. The van der Waals surface area contributed by atoms with E-state index in [0.29, 0.717) is 28.9 Å². The Hall–Kier alpha value is -2.44. The van der Waals surface area contributed by atoms with Gasteiger partial charge in [-0.15, -0.1) is 10.1 Å². The fourth-order valence-corrected chi connectivity index (χ4v) is 6.49. The normalized spacial score (nSPS) is 38.5. The number of fused-ring (bicyclic) bond motifs is 1. The van der Waals surface area contributed by atoms with E-state index in [2.05, 4.69) is 5.32 Å². The number of carbonyl (C=O) groups excluding carboxylic acids is 2. The lowest BCUT2D eigenvalue weighted by Gasteiger charge is -2.57. The Morgan fingerprint density at radius 3 is 2.26 bits per heavy atom. The van der Waals surface area contributed by atoms with Gasteiger partial charge in [-0.05, 0) is 61.8 Å². The van der Waals surface area contributed by atoms with Gasteiger partial charge in [0.15, 0.2) is 0 Å². The molecule has 0 radical (unpaired) electrons. The molecule has 1 N–H and O–H groups in total. The smallest absolute Gasteiger partial charge is 0.296 e. The minimum absolute atomic E-state index is 0.0960. The number of ketones is 1. The second kappa shape index (κ2) is 5.53. The molecule has 5 aliphatic rings. The number of hydrogen-bond acceptors (Lipinski definition) is 5. The summed E-state index contributed by atoms with van der Waals surface area (Å²) in [5.74, 6) is 0.570. The second-order valence-corrected chi connectivity index (χ2v) is 8.96. The summed E-state index contributed by atoms with van der Waals surface area (Å²) in [4.78, 5) is 42.3. The number of rotatable bonds is 4. The number of amides is 1. The Morgan fingerprint density at radius 1 is 1.11 bits per heavy atom. The molecule has 6 rings (SSSR count).